The first-order chi connectivity index (χ1) is 12.4. The maximum Gasteiger partial charge on any atom is 0.262 e. The highest BCUT2D eigenvalue weighted by atomic mass is 32.1. The molecule has 0 unspecified atom stereocenters. The van der Waals surface area contributed by atoms with Crippen LogP contribution in [-0.2, 0) is 11.3 Å². The van der Waals surface area contributed by atoms with Gasteiger partial charge in [0.2, 0.25) is 5.91 Å². The van der Waals surface area contributed by atoms with Crippen molar-refractivity contribution in [3.63, 3.8) is 0 Å². The third kappa shape index (κ3) is 3.42. The van der Waals surface area contributed by atoms with Gasteiger partial charge in [0, 0.05) is 4.88 Å². The van der Waals surface area contributed by atoms with Gasteiger partial charge >= 0.3 is 0 Å². The summed E-state index contributed by atoms with van der Waals surface area (Å²) in [6, 6.07) is 7.92. The lowest BCUT2D eigenvalue weighted by molar-refractivity contribution is -0.125. The molecule has 1 aromatic carbocycles. The van der Waals surface area contributed by atoms with Crippen LogP contribution in [0.3, 0.4) is 0 Å². The molecular weight excluding hydrogens is 348 g/mol. The summed E-state index contributed by atoms with van der Waals surface area (Å²) in [5.74, 6) is -0.906. The highest BCUT2D eigenvalue weighted by Crippen LogP contribution is 2.27. The second-order valence-electron chi connectivity index (χ2n) is 6.92. The number of rotatable bonds is 6. The second kappa shape index (κ2) is 7.41. The number of aryl methyl sites for hydroxylation is 1. The monoisotopic (exact) mass is 370 g/mol. The minimum Gasteiger partial charge on any atom is -0.349 e. The maximum atomic E-state index is 12.9. The fourth-order valence-corrected chi connectivity index (χ4v) is 3.98. The SMILES string of the molecule is Cc1ccsc1CNC(=O)[C@H](CC(C)C)N1C(=O)c2ccccc2C1=O. The van der Waals surface area contributed by atoms with Gasteiger partial charge < -0.3 is 5.32 Å². The minimum absolute atomic E-state index is 0.165. The zero-order valence-electron chi connectivity index (χ0n) is 15.1. The number of hydrogen-bond acceptors (Lipinski definition) is 4. The Balaban J connectivity index is 1.82. The molecule has 0 bridgehead atoms. The van der Waals surface area contributed by atoms with Gasteiger partial charge in [-0.25, -0.2) is 0 Å². The highest BCUT2D eigenvalue weighted by molar-refractivity contribution is 7.10. The van der Waals surface area contributed by atoms with Crippen LogP contribution in [0.1, 0.15) is 51.4 Å². The Morgan fingerprint density at radius 1 is 1.12 bits per heavy atom. The molecule has 1 aliphatic rings. The first-order valence-electron chi connectivity index (χ1n) is 8.67. The quantitative estimate of drug-likeness (QED) is 0.793. The van der Waals surface area contributed by atoms with Gasteiger partial charge in [0.25, 0.3) is 11.8 Å². The average Bonchev–Trinajstić information content (AvgIpc) is 3.13. The molecule has 1 aliphatic heterocycles. The molecular formula is C20H22N2O3S. The Morgan fingerprint density at radius 3 is 2.23 bits per heavy atom. The predicted molar refractivity (Wildman–Crippen MR) is 101 cm³/mol. The van der Waals surface area contributed by atoms with E-state index in [1.807, 2.05) is 32.2 Å². The molecule has 1 aromatic heterocycles. The lowest BCUT2D eigenvalue weighted by Gasteiger charge is -2.26. The molecule has 0 fully saturated rings. The molecule has 0 saturated carbocycles. The molecule has 2 aromatic rings. The molecule has 0 aliphatic carbocycles. The molecule has 3 rings (SSSR count). The van der Waals surface area contributed by atoms with E-state index >= 15 is 0 Å². The number of nitrogens with zero attached hydrogens (tertiary/aromatic N) is 1. The summed E-state index contributed by atoms with van der Waals surface area (Å²) in [5.41, 5.74) is 1.86. The molecule has 136 valence electrons. The summed E-state index contributed by atoms with van der Waals surface area (Å²) in [6.45, 7) is 6.34. The number of fused-ring (bicyclic) bond motifs is 1. The lowest BCUT2D eigenvalue weighted by atomic mass is 10.0. The van der Waals surface area contributed by atoms with E-state index < -0.39 is 17.9 Å². The third-order valence-corrected chi connectivity index (χ3v) is 5.55. The second-order valence-corrected chi connectivity index (χ2v) is 7.92. The number of carbonyl (C=O) groups is 3. The molecule has 1 atom stereocenters. The summed E-state index contributed by atoms with van der Waals surface area (Å²) in [5, 5.41) is 4.88. The Labute approximate surface area is 157 Å². The van der Waals surface area contributed by atoms with Crippen LogP contribution < -0.4 is 5.32 Å². The van der Waals surface area contributed by atoms with E-state index in [0.29, 0.717) is 24.1 Å². The number of nitrogens with one attached hydrogen (secondary N) is 1. The molecule has 0 saturated heterocycles. The van der Waals surface area contributed by atoms with Gasteiger partial charge in [-0.05, 0) is 48.4 Å². The topological polar surface area (TPSA) is 66.5 Å². The number of benzene rings is 1. The van der Waals surface area contributed by atoms with Crippen molar-refractivity contribution in [2.75, 3.05) is 0 Å². The van der Waals surface area contributed by atoms with E-state index in [4.69, 9.17) is 0 Å². The first kappa shape index (κ1) is 18.3. The molecule has 6 heteroatoms. The van der Waals surface area contributed by atoms with E-state index in [1.165, 1.54) is 0 Å². The van der Waals surface area contributed by atoms with E-state index in [0.717, 1.165) is 15.3 Å². The number of thiophene rings is 1. The normalized spacial score (nSPS) is 14.7. The van der Waals surface area contributed by atoms with Crippen molar-refractivity contribution in [3.8, 4) is 0 Å². The van der Waals surface area contributed by atoms with Gasteiger partial charge in [-0.2, -0.15) is 0 Å². The number of amides is 3. The van der Waals surface area contributed by atoms with Gasteiger partial charge in [0.1, 0.15) is 6.04 Å². The summed E-state index contributed by atoms with van der Waals surface area (Å²) < 4.78 is 0. The fourth-order valence-electron chi connectivity index (χ4n) is 3.14. The third-order valence-electron chi connectivity index (χ3n) is 4.53. The van der Waals surface area contributed by atoms with Gasteiger partial charge in [-0.1, -0.05) is 26.0 Å². The van der Waals surface area contributed by atoms with Crippen molar-refractivity contribution < 1.29 is 14.4 Å². The Bertz CT molecular complexity index is 821. The van der Waals surface area contributed by atoms with Crippen molar-refractivity contribution in [2.45, 2.75) is 39.8 Å². The van der Waals surface area contributed by atoms with Crippen molar-refractivity contribution in [1.29, 1.82) is 0 Å². The number of hydrogen-bond donors (Lipinski definition) is 1. The predicted octanol–water partition coefficient (Wildman–Crippen LogP) is 3.38. The van der Waals surface area contributed by atoms with Crippen LogP contribution in [0.15, 0.2) is 35.7 Å². The summed E-state index contributed by atoms with van der Waals surface area (Å²) in [4.78, 5) is 40.6. The fraction of sp³-hybridized carbons (Fsp3) is 0.350. The van der Waals surface area contributed by atoms with Crippen molar-refractivity contribution in [1.82, 2.24) is 10.2 Å². The average molecular weight is 370 g/mol. The smallest absolute Gasteiger partial charge is 0.262 e. The van der Waals surface area contributed by atoms with Crippen molar-refractivity contribution in [2.24, 2.45) is 5.92 Å². The standard InChI is InChI=1S/C20H22N2O3S/c1-12(2)10-16(18(23)21-11-17-13(3)8-9-26-17)22-19(24)14-6-4-5-7-15(14)20(22)25/h4-9,12,16H,10-11H2,1-3H3,(H,21,23)/t16-/m0/s1. The zero-order chi connectivity index (χ0) is 18.8. The molecule has 5 nitrogen and oxygen atoms in total. The van der Waals surface area contributed by atoms with Gasteiger partial charge in [0.15, 0.2) is 0 Å². The van der Waals surface area contributed by atoms with Gasteiger partial charge in [-0.3, -0.25) is 19.3 Å². The van der Waals surface area contributed by atoms with E-state index in [2.05, 4.69) is 5.32 Å². The van der Waals surface area contributed by atoms with Crippen LogP contribution in [0.2, 0.25) is 0 Å². The van der Waals surface area contributed by atoms with Crippen molar-refractivity contribution >= 4 is 29.1 Å². The van der Waals surface area contributed by atoms with Crippen LogP contribution in [-0.4, -0.2) is 28.7 Å². The van der Waals surface area contributed by atoms with Crippen LogP contribution in [0.5, 0.6) is 0 Å². The highest BCUT2D eigenvalue weighted by Gasteiger charge is 2.42. The largest absolute Gasteiger partial charge is 0.349 e. The molecule has 3 amide bonds. The maximum absolute atomic E-state index is 12.9. The zero-order valence-corrected chi connectivity index (χ0v) is 15.9. The molecule has 0 radical (unpaired) electrons. The van der Waals surface area contributed by atoms with E-state index in [-0.39, 0.29) is 11.8 Å². The molecule has 2 heterocycles. The van der Waals surface area contributed by atoms with Crippen LogP contribution in [0.4, 0.5) is 0 Å². The molecule has 26 heavy (non-hydrogen) atoms. The lowest BCUT2D eigenvalue weighted by Crippen LogP contribution is -2.50. The van der Waals surface area contributed by atoms with Crippen LogP contribution in [0, 0.1) is 12.8 Å². The van der Waals surface area contributed by atoms with E-state index in [9.17, 15) is 14.4 Å². The van der Waals surface area contributed by atoms with E-state index in [1.54, 1.807) is 35.6 Å². The number of carbonyl (C=O) groups excluding carboxylic acids is 3. The van der Waals surface area contributed by atoms with Crippen molar-refractivity contribution in [3.05, 3.63) is 57.3 Å². The summed E-state index contributed by atoms with van der Waals surface area (Å²) in [6.07, 6.45) is 0.431. The summed E-state index contributed by atoms with van der Waals surface area (Å²) >= 11 is 1.58. The Morgan fingerprint density at radius 2 is 1.73 bits per heavy atom. The van der Waals surface area contributed by atoms with Crippen LogP contribution >= 0.6 is 11.3 Å². The number of imide groups is 1. The Hall–Kier alpha value is -2.47. The van der Waals surface area contributed by atoms with Gasteiger partial charge in [-0.15, -0.1) is 11.3 Å². The summed E-state index contributed by atoms with van der Waals surface area (Å²) in [7, 11) is 0. The Kier molecular flexibility index (Phi) is 5.23. The minimum atomic E-state index is -0.803. The van der Waals surface area contributed by atoms with Crippen LogP contribution in [0.25, 0.3) is 0 Å². The molecule has 0 spiro atoms. The van der Waals surface area contributed by atoms with Gasteiger partial charge in [0.05, 0.1) is 17.7 Å². The first-order valence-corrected chi connectivity index (χ1v) is 9.55. The molecule has 1 N–H and O–H groups in total.